The molecule has 0 fully saturated rings. The van der Waals surface area contributed by atoms with Gasteiger partial charge in [0.2, 0.25) is 0 Å². The zero-order valence-corrected chi connectivity index (χ0v) is 10.4. The molecule has 0 amide bonds. The Labute approximate surface area is 109 Å². The SMILES string of the molecule is Fc1cccc2c1ccn2Cc1ccc(Cl)cc1. The van der Waals surface area contributed by atoms with E-state index in [2.05, 4.69) is 0 Å². The largest absolute Gasteiger partial charge is 0.343 e. The first-order valence-corrected chi connectivity index (χ1v) is 6.09. The maximum absolute atomic E-state index is 13.6. The molecule has 2 aromatic carbocycles. The van der Waals surface area contributed by atoms with Gasteiger partial charge in [-0.3, -0.25) is 0 Å². The van der Waals surface area contributed by atoms with Crippen LogP contribution in [0.15, 0.2) is 54.7 Å². The highest BCUT2D eigenvalue weighted by molar-refractivity contribution is 6.30. The smallest absolute Gasteiger partial charge is 0.132 e. The van der Waals surface area contributed by atoms with Crippen molar-refractivity contribution in [2.24, 2.45) is 0 Å². The summed E-state index contributed by atoms with van der Waals surface area (Å²) in [5, 5.41) is 1.38. The zero-order valence-electron chi connectivity index (χ0n) is 9.61. The molecular weight excluding hydrogens is 249 g/mol. The summed E-state index contributed by atoms with van der Waals surface area (Å²) in [6, 6.07) is 14.6. The molecule has 0 saturated carbocycles. The summed E-state index contributed by atoms with van der Waals surface area (Å²) in [5.41, 5.74) is 2.05. The van der Waals surface area contributed by atoms with Gasteiger partial charge in [-0.15, -0.1) is 0 Å². The van der Waals surface area contributed by atoms with E-state index >= 15 is 0 Å². The minimum absolute atomic E-state index is 0.178. The van der Waals surface area contributed by atoms with Crippen LogP contribution in [0.1, 0.15) is 5.56 Å². The van der Waals surface area contributed by atoms with Crippen LogP contribution in [0.4, 0.5) is 4.39 Å². The number of rotatable bonds is 2. The maximum Gasteiger partial charge on any atom is 0.132 e. The number of nitrogens with zero attached hydrogens (tertiary/aromatic N) is 1. The van der Waals surface area contributed by atoms with E-state index in [1.54, 1.807) is 12.1 Å². The van der Waals surface area contributed by atoms with Gasteiger partial charge >= 0.3 is 0 Å². The Balaban J connectivity index is 2.00. The standard InChI is InChI=1S/C15H11ClFN/c16-12-6-4-11(5-7-12)10-18-9-8-13-14(17)2-1-3-15(13)18/h1-9H,10H2. The van der Waals surface area contributed by atoms with Crippen molar-refractivity contribution in [2.75, 3.05) is 0 Å². The lowest BCUT2D eigenvalue weighted by atomic mass is 10.2. The third kappa shape index (κ3) is 2.00. The van der Waals surface area contributed by atoms with E-state index in [-0.39, 0.29) is 5.82 Å². The van der Waals surface area contributed by atoms with Crippen molar-refractivity contribution in [2.45, 2.75) is 6.54 Å². The maximum atomic E-state index is 13.6. The van der Waals surface area contributed by atoms with Gasteiger partial charge in [0.25, 0.3) is 0 Å². The van der Waals surface area contributed by atoms with E-state index in [4.69, 9.17) is 11.6 Å². The normalized spacial score (nSPS) is 11.0. The lowest BCUT2D eigenvalue weighted by Gasteiger charge is -2.06. The molecule has 0 radical (unpaired) electrons. The summed E-state index contributed by atoms with van der Waals surface area (Å²) < 4.78 is 15.6. The first kappa shape index (κ1) is 11.3. The van der Waals surface area contributed by atoms with Crippen LogP contribution in [0.25, 0.3) is 10.9 Å². The Bertz CT molecular complexity index is 685. The summed E-state index contributed by atoms with van der Waals surface area (Å²) >= 11 is 5.85. The predicted octanol–water partition coefficient (Wildman–Crippen LogP) is 4.48. The molecule has 18 heavy (non-hydrogen) atoms. The number of halogens is 2. The Hall–Kier alpha value is -1.80. The minimum atomic E-state index is -0.178. The molecule has 3 rings (SSSR count). The minimum Gasteiger partial charge on any atom is -0.343 e. The average Bonchev–Trinajstić information content (AvgIpc) is 2.77. The van der Waals surface area contributed by atoms with Crippen LogP contribution >= 0.6 is 11.6 Å². The zero-order chi connectivity index (χ0) is 12.5. The summed E-state index contributed by atoms with van der Waals surface area (Å²) in [6.45, 7) is 0.712. The molecule has 3 heteroatoms. The van der Waals surface area contributed by atoms with Gasteiger partial charge in [-0.05, 0) is 35.9 Å². The van der Waals surface area contributed by atoms with Crippen molar-refractivity contribution in [1.29, 1.82) is 0 Å². The van der Waals surface area contributed by atoms with Crippen molar-refractivity contribution >= 4 is 22.5 Å². The van der Waals surface area contributed by atoms with Crippen molar-refractivity contribution in [3.05, 3.63) is 71.1 Å². The quantitative estimate of drug-likeness (QED) is 0.639. The molecule has 0 unspecified atom stereocenters. The summed E-state index contributed by atoms with van der Waals surface area (Å²) in [5.74, 6) is -0.178. The van der Waals surface area contributed by atoms with Crippen molar-refractivity contribution in [3.8, 4) is 0 Å². The van der Waals surface area contributed by atoms with Gasteiger partial charge in [-0.25, -0.2) is 4.39 Å². The van der Waals surface area contributed by atoms with Crippen molar-refractivity contribution < 1.29 is 4.39 Å². The first-order chi connectivity index (χ1) is 8.74. The Morgan fingerprint density at radius 3 is 2.56 bits per heavy atom. The van der Waals surface area contributed by atoms with Gasteiger partial charge in [-0.1, -0.05) is 29.8 Å². The Kier molecular flexibility index (Phi) is 2.80. The second kappa shape index (κ2) is 4.46. The number of fused-ring (bicyclic) bond motifs is 1. The molecule has 1 nitrogen and oxygen atoms in total. The van der Waals surface area contributed by atoms with Crippen LogP contribution in [-0.2, 0) is 6.54 Å². The Morgan fingerprint density at radius 2 is 1.78 bits per heavy atom. The summed E-state index contributed by atoms with van der Waals surface area (Å²) in [4.78, 5) is 0. The van der Waals surface area contributed by atoms with Crippen LogP contribution in [0.2, 0.25) is 5.02 Å². The fourth-order valence-electron chi connectivity index (χ4n) is 2.11. The van der Waals surface area contributed by atoms with Crippen LogP contribution in [0, 0.1) is 5.82 Å². The molecule has 0 saturated heterocycles. The van der Waals surface area contributed by atoms with Crippen LogP contribution in [0.5, 0.6) is 0 Å². The van der Waals surface area contributed by atoms with Crippen LogP contribution < -0.4 is 0 Å². The molecular formula is C15H11ClFN. The van der Waals surface area contributed by atoms with Gasteiger partial charge in [0, 0.05) is 23.2 Å². The molecule has 3 aromatic rings. The van der Waals surface area contributed by atoms with E-state index in [9.17, 15) is 4.39 Å². The lowest BCUT2D eigenvalue weighted by molar-refractivity contribution is 0.639. The second-order valence-electron chi connectivity index (χ2n) is 4.24. The van der Waals surface area contributed by atoms with Gasteiger partial charge in [0.05, 0.1) is 5.52 Å². The molecule has 0 bridgehead atoms. The molecule has 0 N–H and O–H groups in total. The van der Waals surface area contributed by atoms with Gasteiger partial charge < -0.3 is 4.57 Å². The van der Waals surface area contributed by atoms with E-state index < -0.39 is 0 Å². The van der Waals surface area contributed by atoms with Crippen LogP contribution in [-0.4, -0.2) is 4.57 Å². The molecule has 90 valence electrons. The molecule has 1 heterocycles. The molecule has 0 aliphatic heterocycles. The molecule has 0 aliphatic rings. The third-order valence-corrected chi connectivity index (χ3v) is 3.28. The highest BCUT2D eigenvalue weighted by Crippen LogP contribution is 2.20. The topological polar surface area (TPSA) is 4.93 Å². The first-order valence-electron chi connectivity index (χ1n) is 5.72. The summed E-state index contributed by atoms with van der Waals surface area (Å²) in [6.07, 6.45) is 1.91. The molecule has 1 aromatic heterocycles. The number of aromatic nitrogens is 1. The van der Waals surface area contributed by atoms with E-state index in [0.29, 0.717) is 11.9 Å². The number of hydrogen-bond acceptors (Lipinski definition) is 0. The highest BCUT2D eigenvalue weighted by Gasteiger charge is 2.05. The lowest BCUT2D eigenvalue weighted by Crippen LogP contribution is -1.97. The van der Waals surface area contributed by atoms with Gasteiger partial charge in [0.15, 0.2) is 0 Å². The Morgan fingerprint density at radius 1 is 1.00 bits per heavy atom. The summed E-state index contributed by atoms with van der Waals surface area (Å²) in [7, 11) is 0. The second-order valence-corrected chi connectivity index (χ2v) is 4.68. The number of benzene rings is 2. The fourth-order valence-corrected chi connectivity index (χ4v) is 2.24. The van der Waals surface area contributed by atoms with Crippen LogP contribution in [0.3, 0.4) is 0 Å². The predicted molar refractivity (Wildman–Crippen MR) is 72.5 cm³/mol. The van der Waals surface area contributed by atoms with Crippen molar-refractivity contribution in [1.82, 2.24) is 4.57 Å². The fraction of sp³-hybridized carbons (Fsp3) is 0.0667. The molecule has 0 atom stereocenters. The van der Waals surface area contributed by atoms with E-state index in [1.807, 2.05) is 41.1 Å². The molecule has 0 aliphatic carbocycles. The molecule has 0 spiro atoms. The highest BCUT2D eigenvalue weighted by atomic mass is 35.5. The third-order valence-electron chi connectivity index (χ3n) is 3.03. The van der Waals surface area contributed by atoms with Gasteiger partial charge in [0.1, 0.15) is 5.82 Å². The average molecular weight is 260 g/mol. The number of hydrogen-bond donors (Lipinski definition) is 0. The van der Waals surface area contributed by atoms with Gasteiger partial charge in [-0.2, -0.15) is 0 Å². The van der Waals surface area contributed by atoms with E-state index in [0.717, 1.165) is 16.1 Å². The monoisotopic (exact) mass is 259 g/mol. The van der Waals surface area contributed by atoms with E-state index in [1.165, 1.54) is 6.07 Å². The van der Waals surface area contributed by atoms with Crippen molar-refractivity contribution in [3.63, 3.8) is 0 Å².